The largest absolute Gasteiger partial charge is 0.497 e. The first-order chi connectivity index (χ1) is 12.0. The average molecular weight is 366 g/mol. The van der Waals surface area contributed by atoms with Crippen molar-refractivity contribution in [2.45, 2.75) is 44.2 Å². The number of carbonyl (C=O) groups excluding carboxylic acids is 1. The van der Waals surface area contributed by atoms with Crippen molar-refractivity contribution in [3.05, 3.63) is 29.8 Å². The molecule has 25 heavy (non-hydrogen) atoms. The number of amides is 2. The highest BCUT2D eigenvalue weighted by Gasteiger charge is 2.32. The second kappa shape index (κ2) is 7.64. The van der Waals surface area contributed by atoms with E-state index in [1.165, 1.54) is 0 Å². The molecule has 2 aliphatic rings. The van der Waals surface area contributed by atoms with E-state index in [0.29, 0.717) is 13.0 Å². The maximum Gasteiger partial charge on any atom is 0.318 e. The summed E-state index contributed by atoms with van der Waals surface area (Å²) in [5.41, 5.74) is 1.09. The summed E-state index contributed by atoms with van der Waals surface area (Å²) in [4.78, 5) is 14.7. The van der Waals surface area contributed by atoms with E-state index in [-0.39, 0.29) is 29.6 Å². The lowest BCUT2D eigenvalue weighted by Crippen LogP contribution is -2.46. The van der Waals surface area contributed by atoms with Crippen molar-refractivity contribution in [1.82, 2.24) is 10.2 Å². The molecule has 2 aliphatic heterocycles. The molecule has 2 fully saturated rings. The van der Waals surface area contributed by atoms with Crippen molar-refractivity contribution in [2.75, 3.05) is 25.2 Å². The molecular weight excluding hydrogens is 340 g/mol. The van der Waals surface area contributed by atoms with Gasteiger partial charge in [0.05, 0.1) is 24.7 Å². The average Bonchev–Trinajstić information content (AvgIpc) is 2.80. The number of urea groups is 1. The van der Waals surface area contributed by atoms with Crippen molar-refractivity contribution in [2.24, 2.45) is 0 Å². The van der Waals surface area contributed by atoms with E-state index in [1.54, 1.807) is 7.11 Å². The molecule has 138 valence electrons. The topological polar surface area (TPSA) is 75.7 Å². The standard InChI is InChI=1S/C18H26N2O4S/c1-24-16-8-6-14(7-9-16)17-5-3-2-4-11-20(17)18(21)19-15-10-12-25(22,23)13-15/h6-9,15,17H,2-5,10-13H2,1H3,(H,19,21)/t15-,17-/m0/s1. The van der Waals surface area contributed by atoms with Gasteiger partial charge >= 0.3 is 6.03 Å². The summed E-state index contributed by atoms with van der Waals surface area (Å²) in [5.74, 6) is 1.02. The van der Waals surface area contributed by atoms with Gasteiger partial charge in [-0.3, -0.25) is 0 Å². The lowest BCUT2D eigenvalue weighted by atomic mass is 10.0. The molecule has 7 heteroatoms. The van der Waals surface area contributed by atoms with E-state index in [9.17, 15) is 13.2 Å². The van der Waals surface area contributed by atoms with E-state index in [2.05, 4.69) is 5.32 Å². The third kappa shape index (κ3) is 4.45. The molecule has 2 saturated heterocycles. The van der Waals surface area contributed by atoms with Crippen LogP contribution in [0.3, 0.4) is 0 Å². The van der Waals surface area contributed by atoms with Crippen LogP contribution in [0.25, 0.3) is 0 Å². The van der Waals surface area contributed by atoms with Gasteiger partial charge in [-0.25, -0.2) is 13.2 Å². The lowest BCUT2D eigenvalue weighted by Gasteiger charge is -2.31. The summed E-state index contributed by atoms with van der Waals surface area (Å²) in [5, 5.41) is 2.94. The lowest BCUT2D eigenvalue weighted by molar-refractivity contribution is 0.173. The third-order valence-electron chi connectivity index (χ3n) is 5.07. The Bertz CT molecular complexity index is 702. The van der Waals surface area contributed by atoms with Gasteiger partial charge in [0.25, 0.3) is 0 Å². The Balaban J connectivity index is 1.74. The van der Waals surface area contributed by atoms with Crippen LogP contribution in [0.2, 0.25) is 0 Å². The Morgan fingerprint density at radius 2 is 1.92 bits per heavy atom. The summed E-state index contributed by atoms with van der Waals surface area (Å²) in [6, 6.07) is 7.46. The number of methoxy groups -OCH3 is 1. The SMILES string of the molecule is COc1ccc([C@@H]2CCCCCN2C(=O)N[C@H]2CCS(=O)(=O)C2)cc1. The first kappa shape index (κ1) is 18.0. The molecular formula is C18H26N2O4S. The van der Waals surface area contributed by atoms with Crippen molar-refractivity contribution >= 4 is 15.9 Å². The van der Waals surface area contributed by atoms with Gasteiger partial charge in [0, 0.05) is 12.6 Å². The summed E-state index contributed by atoms with van der Waals surface area (Å²) in [6.45, 7) is 0.696. The molecule has 1 aromatic rings. The van der Waals surface area contributed by atoms with Gasteiger partial charge in [-0.2, -0.15) is 0 Å². The molecule has 2 amide bonds. The second-order valence-corrected chi connectivity index (χ2v) is 9.11. The number of rotatable bonds is 3. The van der Waals surface area contributed by atoms with Crippen LogP contribution in [0.1, 0.15) is 43.7 Å². The Kier molecular flexibility index (Phi) is 5.51. The number of benzene rings is 1. The highest BCUT2D eigenvalue weighted by molar-refractivity contribution is 7.91. The van der Waals surface area contributed by atoms with Crippen LogP contribution in [0.15, 0.2) is 24.3 Å². The smallest absolute Gasteiger partial charge is 0.318 e. The first-order valence-corrected chi connectivity index (χ1v) is 10.7. The molecule has 0 aromatic heterocycles. The fraction of sp³-hybridized carbons (Fsp3) is 0.611. The summed E-state index contributed by atoms with van der Waals surface area (Å²) in [7, 11) is -1.36. The van der Waals surface area contributed by atoms with Gasteiger partial charge < -0.3 is 15.0 Å². The monoisotopic (exact) mass is 366 g/mol. The number of nitrogens with zero attached hydrogens (tertiary/aromatic N) is 1. The van der Waals surface area contributed by atoms with Crippen LogP contribution in [-0.4, -0.2) is 50.6 Å². The number of sulfone groups is 1. The van der Waals surface area contributed by atoms with Crippen molar-refractivity contribution in [3.8, 4) is 5.75 Å². The first-order valence-electron chi connectivity index (χ1n) is 8.90. The molecule has 2 heterocycles. The molecule has 3 rings (SSSR count). The van der Waals surface area contributed by atoms with Gasteiger partial charge in [0.15, 0.2) is 9.84 Å². The molecule has 0 saturated carbocycles. The predicted octanol–water partition coefficient (Wildman–Crippen LogP) is 2.51. The molecule has 1 N–H and O–H groups in total. The minimum Gasteiger partial charge on any atom is -0.497 e. The number of likely N-dealkylation sites (tertiary alicyclic amines) is 1. The molecule has 0 bridgehead atoms. The molecule has 0 aliphatic carbocycles. The van der Waals surface area contributed by atoms with Gasteiger partial charge in [-0.1, -0.05) is 25.0 Å². The Morgan fingerprint density at radius 3 is 2.56 bits per heavy atom. The Morgan fingerprint density at radius 1 is 1.16 bits per heavy atom. The predicted molar refractivity (Wildman–Crippen MR) is 96.5 cm³/mol. The van der Waals surface area contributed by atoms with E-state index < -0.39 is 9.84 Å². The fourth-order valence-corrected chi connectivity index (χ4v) is 5.36. The van der Waals surface area contributed by atoms with Crippen LogP contribution < -0.4 is 10.1 Å². The Labute approximate surface area is 149 Å². The number of nitrogens with one attached hydrogen (secondary N) is 1. The van der Waals surface area contributed by atoms with E-state index in [4.69, 9.17) is 4.74 Å². The number of ether oxygens (including phenoxy) is 1. The van der Waals surface area contributed by atoms with E-state index in [1.807, 2.05) is 29.2 Å². The van der Waals surface area contributed by atoms with Crippen molar-refractivity contribution < 1.29 is 17.9 Å². The summed E-state index contributed by atoms with van der Waals surface area (Å²) < 4.78 is 28.5. The highest BCUT2D eigenvalue weighted by Crippen LogP contribution is 2.31. The van der Waals surface area contributed by atoms with Crippen LogP contribution in [0, 0.1) is 0 Å². The van der Waals surface area contributed by atoms with Crippen LogP contribution in [0.5, 0.6) is 5.75 Å². The number of carbonyl (C=O) groups is 1. The number of hydrogen-bond donors (Lipinski definition) is 1. The van der Waals surface area contributed by atoms with Crippen LogP contribution in [-0.2, 0) is 9.84 Å². The molecule has 0 radical (unpaired) electrons. The van der Waals surface area contributed by atoms with E-state index >= 15 is 0 Å². The summed E-state index contributed by atoms with van der Waals surface area (Å²) in [6.07, 6.45) is 4.59. The summed E-state index contributed by atoms with van der Waals surface area (Å²) >= 11 is 0. The highest BCUT2D eigenvalue weighted by atomic mass is 32.2. The van der Waals surface area contributed by atoms with Crippen LogP contribution >= 0.6 is 0 Å². The minimum atomic E-state index is -3.00. The molecule has 1 aromatic carbocycles. The van der Waals surface area contributed by atoms with Crippen LogP contribution in [0.4, 0.5) is 4.79 Å². The van der Waals surface area contributed by atoms with Gasteiger partial charge in [-0.15, -0.1) is 0 Å². The maximum absolute atomic E-state index is 12.8. The zero-order chi connectivity index (χ0) is 17.9. The molecule has 0 unspecified atom stereocenters. The molecule has 0 spiro atoms. The van der Waals surface area contributed by atoms with Crippen molar-refractivity contribution in [3.63, 3.8) is 0 Å². The minimum absolute atomic E-state index is 0.0198. The quantitative estimate of drug-likeness (QED) is 0.892. The third-order valence-corrected chi connectivity index (χ3v) is 6.84. The van der Waals surface area contributed by atoms with Gasteiger partial charge in [-0.05, 0) is 37.0 Å². The van der Waals surface area contributed by atoms with E-state index in [0.717, 1.165) is 37.0 Å². The zero-order valence-electron chi connectivity index (χ0n) is 14.6. The Hall–Kier alpha value is -1.76. The molecule has 2 atom stereocenters. The van der Waals surface area contributed by atoms with Gasteiger partial charge in [0.1, 0.15) is 5.75 Å². The second-order valence-electron chi connectivity index (χ2n) is 6.88. The number of hydrogen-bond acceptors (Lipinski definition) is 4. The fourth-order valence-electron chi connectivity index (χ4n) is 3.69. The maximum atomic E-state index is 12.8. The van der Waals surface area contributed by atoms with Gasteiger partial charge in [0.2, 0.25) is 0 Å². The van der Waals surface area contributed by atoms with Crippen molar-refractivity contribution in [1.29, 1.82) is 0 Å². The normalized spacial score (nSPS) is 26.0. The molecule has 6 nitrogen and oxygen atoms in total. The zero-order valence-corrected chi connectivity index (χ0v) is 15.4.